The van der Waals surface area contributed by atoms with Gasteiger partial charge in [0.05, 0.1) is 10.5 Å². The number of hydrogen-bond acceptors (Lipinski definition) is 4. The Hall–Kier alpha value is -2.54. The van der Waals surface area contributed by atoms with Gasteiger partial charge in [-0.05, 0) is 30.7 Å². The predicted molar refractivity (Wildman–Crippen MR) is 74.6 cm³/mol. The normalized spacial score (nSPS) is 12.0. The van der Waals surface area contributed by atoms with Gasteiger partial charge in [-0.15, -0.1) is 0 Å². The molecule has 0 aromatic heterocycles. The minimum absolute atomic E-state index is 0.0974. The molecule has 0 aliphatic rings. The molecule has 0 spiro atoms. The van der Waals surface area contributed by atoms with E-state index in [0.29, 0.717) is 5.56 Å². The van der Waals surface area contributed by atoms with E-state index in [1.54, 1.807) is 0 Å². The smallest absolute Gasteiger partial charge is 0.276 e. The molecule has 2 aromatic rings. The lowest BCUT2D eigenvalue weighted by Crippen LogP contribution is -2.11. The molecule has 0 bridgehead atoms. The second kappa shape index (κ2) is 6.48. The van der Waals surface area contributed by atoms with Gasteiger partial charge < -0.3 is 9.84 Å². The van der Waals surface area contributed by atoms with Crippen molar-refractivity contribution in [1.82, 2.24) is 0 Å². The molecule has 2 rings (SSSR count). The number of benzene rings is 2. The third kappa shape index (κ3) is 3.37. The van der Waals surface area contributed by atoms with Gasteiger partial charge in [-0.1, -0.05) is 12.1 Å². The number of nitrogens with zero attached hydrogens (tertiary/aromatic N) is 1. The van der Waals surface area contributed by atoms with Crippen LogP contribution in [0.5, 0.6) is 5.75 Å². The molecule has 22 heavy (non-hydrogen) atoms. The molecule has 0 aliphatic carbocycles. The number of halogens is 2. The second-order valence-electron chi connectivity index (χ2n) is 4.66. The summed E-state index contributed by atoms with van der Waals surface area (Å²) in [6.45, 7) is 1.28. The minimum atomic E-state index is -1.19. The van der Waals surface area contributed by atoms with Crippen molar-refractivity contribution in [1.29, 1.82) is 0 Å². The summed E-state index contributed by atoms with van der Waals surface area (Å²) in [5.74, 6) is -1.83. The van der Waals surface area contributed by atoms with Gasteiger partial charge >= 0.3 is 0 Å². The zero-order valence-corrected chi connectivity index (χ0v) is 11.6. The van der Waals surface area contributed by atoms with Gasteiger partial charge in [0.15, 0.2) is 11.6 Å². The second-order valence-corrected chi connectivity index (χ2v) is 4.66. The van der Waals surface area contributed by atoms with E-state index in [-0.39, 0.29) is 23.6 Å². The SMILES string of the molecule is Cc1c(OCC(O)c2ccc(F)c(F)c2)cccc1[N+](=O)[O-]. The lowest BCUT2D eigenvalue weighted by atomic mass is 10.1. The Bertz CT molecular complexity index is 706. The Balaban J connectivity index is 2.11. The largest absolute Gasteiger partial charge is 0.490 e. The highest BCUT2D eigenvalue weighted by molar-refractivity contribution is 5.48. The number of aliphatic hydroxyl groups excluding tert-OH is 1. The maximum atomic E-state index is 13.1. The van der Waals surface area contributed by atoms with Gasteiger partial charge in [-0.25, -0.2) is 8.78 Å². The topological polar surface area (TPSA) is 72.6 Å². The molecule has 2 aromatic carbocycles. The number of rotatable bonds is 5. The molecule has 116 valence electrons. The number of ether oxygens (including phenoxy) is 1. The average Bonchev–Trinajstić information content (AvgIpc) is 2.48. The van der Waals surface area contributed by atoms with Gasteiger partial charge in [0.2, 0.25) is 0 Å². The molecule has 0 radical (unpaired) electrons. The molecule has 1 N–H and O–H groups in total. The first kappa shape index (κ1) is 15.8. The van der Waals surface area contributed by atoms with Crippen molar-refractivity contribution < 1.29 is 23.5 Å². The highest BCUT2D eigenvalue weighted by Crippen LogP contribution is 2.28. The summed E-state index contributed by atoms with van der Waals surface area (Å²) in [5.41, 5.74) is 0.381. The van der Waals surface area contributed by atoms with Gasteiger partial charge in [-0.2, -0.15) is 0 Å². The average molecular weight is 309 g/mol. The molecule has 7 heteroatoms. The molecule has 0 fully saturated rings. The highest BCUT2D eigenvalue weighted by atomic mass is 19.2. The molecule has 0 saturated carbocycles. The quantitative estimate of drug-likeness (QED) is 0.679. The van der Waals surface area contributed by atoms with Gasteiger partial charge in [0, 0.05) is 6.07 Å². The zero-order valence-electron chi connectivity index (χ0n) is 11.6. The fraction of sp³-hybridized carbons (Fsp3) is 0.200. The Morgan fingerprint density at radius 3 is 2.64 bits per heavy atom. The van der Waals surface area contributed by atoms with Gasteiger partial charge in [0.1, 0.15) is 18.5 Å². The van der Waals surface area contributed by atoms with E-state index < -0.39 is 22.7 Å². The van der Waals surface area contributed by atoms with Crippen molar-refractivity contribution in [3.05, 3.63) is 69.3 Å². The summed E-state index contributed by atoms with van der Waals surface area (Å²) in [5, 5.41) is 20.7. The first-order valence-corrected chi connectivity index (χ1v) is 6.40. The van der Waals surface area contributed by atoms with Crippen LogP contribution < -0.4 is 4.74 Å². The van der Waals surface area contributed by atoms with Crippen LogP contribution in [0.15, 0.2) is 36.4 Å². The number of nitro groups is 1. The van der Waals surface area contributed by atoms with E-state index in [0.717, 1.165) is 12.1 Å². The van der Waals surface area contributed by atoms with Crippen molar-refractivity contribution in [3.8, 4) is 5.75 Å². The van der Waals surface area contributed by atoms with E-state index in [4.69, 9.17) is 4.74 Å². The molecular weight excluding hydrogens is 296 g/mol. The zero-order chi connectivity index (χ0) is 16.3. The number of aliphatic hydroxyl groups is 1. The monoisotopic (exact) mass is 309 g/mol. The van der Waals surface area contributed by atoms with Crippen LogP contribution in [0.25, 0.3) is 0 Å². The Labute approximate surface area is 124 Å². The van der Waals surface area contributed by atoms with Crippen LogP contribution in [0, 0.1) is 28.7 Å². The van der Waals surface area contributed by atoms with E-state index in [2.05, 4.69) is 0 Å². The number of nitro benzene ring substituents is 1. The van der Waals surface area contributed by atoms with Crippen LogP contribution in [0.1, 0.15) is 17.2 Å². The first-order chi connectivity index (χ1) is 10.4. The van der Waals surface area contributed by atoms with Crippen LogP contribution in [-0.2, 0) is 0 Å². The molecule has 0 saturated heterocycles. The first-order valence-electron chi connectivity index (χ1n) is 6.40. The fourth-order valence-electron chi connectivity index (χ4n) is 1.94. The maximum absolute atomic E-state index is 13.1. The number of hydrogen-bond donors (Lipinski definition) is 1. The van der Waals surface area contributed by atoms with E-state index >= 15 is 0 Å². The lowest BCUT2D eigenvalue weighted by molar-refractivity contribution is -0.385. The van der Waals surface area contributed by atoms with E-state index in [1.165, 1.54) is 31.2 Å². The van der Waals surface area contributed by atoms with E-state index in [9.17, 15) is 24.0 Å². The van der Waals surface area contributed by atoms with Crippen molar-refractivity contribution >= 4 is 5.69 Å². The van der Waals surface area contributed by atoms with Crippen LogP contribution in [-0.4, -0.2) is 16.6 Å². The van der Waals surface area contributed by atoms with Crippen molar-refractivity contribution in [3.63, 3.8) is 0 Å². The summed E-state index contributed by atoms with van der Waals surface area (Å²) in [6, 6.07) is 7.36. The standard InChI is InChI=1S/C15H13F2NO4/c1-9-13(18(20)21)3-2-4-15(9)22-8-14(19)10-5-6-11(16)12(17)7-10/h2-7,14,19H,8H2,1H3. The Morgan fingerprint density at radius 1 is 1.27 bits per heavy atom. The molecule has 1 atom stereocenters. The fourth-order valence-corrected chi connectivity index (χ4v) is 1.94. The molecule has 0 amide bonds. The predicted octanol–water partition coefficient (Wildman–Crippen LogP) is 3.29. The molecule has 1 unspecified atom stereocenters. The molecule has 5 nitrogen and oxygen atoms in total. The Morgan fingerprint density at radius 2 is 2.00 bits per heavy atom. The van der Waals surface area contributed by atoms with Crippen molar-refractivity contribution in [2.45, 2.75) is 13.0 Å². The van der Waals surface area contributed by atoms with Crippen LogP contribution >= 0.6 is 0 Å². The summed E-state index contributed by atoms with van der Waals surface area (Å²) in [6.07, 6.45) is -1.19. The highest BCUT2D eigenvalue weighted by Gasteiger charge is 2.16. The third-order valence-corrected chi connectivity index (χ3v) is 3.18. The van der Waals surface area contributed by atoms with Crippen LogP contribution in [0.2, 0.25) is 0 Å². The third-order valence-electron chi connectivity index (χ3n) is 3.18. The minimum Gasteiger partial charge on any atom is -0.490 e. The van der Waals surface area contributed by atoms with Gasteiger partial charge in [-0.3, -0.25) is 10.1 Å². The Kier molecular flexibility index (Phi) is 4.67. The summed E-state index contributed by atoms with van der Waals surface area (Å²) in [7, 11) is 0. The van der Waals surface area contributed by atoms with Gasteiger partial charge in [0.25, 0.3) is 5.69 Å². The van der Waals surface area contributed by atoms with Crippen LogP contribution in [0.4, 0.5) is 14.5 Å². The lowest BCUT2D eigenvalue weighted by Gasteiger charge is -2.14. The molecular formula is C15H13F2NO4. The molecule has 0 aliphatic heterocycles. The summed E-state index contributed by atoms with van der Waals surface area (Å²) in [4.78, 5) is 10.3. The van der Waals surface area contributed by atoms with E-state index in [1.807, 2.05) is 0 Å². The van der Waals surface area contributed by atoms with Crippen molar-refractivity contribution in [2.24, 2.45) is 0 Å². The van der Waals surface area contributed by atoms with Crippen LogP contribution in [0.3, 0.4) is 0 Å². The summed E-state index contributed by atoms with van der Waals surface area (Å²) < 4.78 is 31.3. The summed E-state index contributed by atoms with van der Waals surface area (Å²) >= 11 is 0. The van der Waals surface area contributed by atoms with Crippen molar-refractivity contribution in [2.75, 3.05) is 6.61 Å². The molecule has 0 heterocycles. The maximum Gasteiger partial charge on any atom is 0.276 e.